The summed E-state index contributed by atoms with van der Waals surface area (Å²) in [4.78, 5) is 0. The van der Waals surface area contributed by atoms with E-state index in [1.54, 1.807) is 0 Å². The molecule has 36 heavy (non-hydrogen) atoms. The summed E-state index contributed by atoms with van der Waals surface area (Å²) in [7, 11) is 0. The summed E-state index contributed by atoms with van der Waals surface area (Å²) in [6, 6.07) is 35.3. The van der Waals surface area contributed by atoms with E-state index < -0.39 is 0 Å². The Morgan fingerprint density at radius 1 is 0.417 bits per heavy atom. The lowest BCUT2D eigenvalue weighted by atomic mass is 9.83. The van der Waals surface area contributed by atoms with Crippen LogP contribution in [0.4, 0.5) is 11.4 Å². The predicted molar refractivity (Wildman–Crippen MR) is 156 cm³/mol. The molecule has 0 saturated heterocycles. The Kier molecular flexibility index (Phi) is 8.48. The molecule has 2 atom stereocenters. The minimum atomic E-state index is 0.392. The first kappa shape index (κ1) is 25.6. The van der Waals surface area contributed by atoms with Crippen molar-refractivity contribution in [3.8, 4) is 0 Å². The molecule has 0 aliphatic heterocycles. The van der Waals surface area contributed by atoms with Crippen molar-refractivity contribution in [3.05, 3.63) is 130 Å². The van der Waals surface area contributed by atoms with Crippen LogP contribution in [0.3, 0.4) is 0 Å². The van der Waals surface area contributed by atoms with Gasteiger partial charge in [0.25, 0.3) is 0 Å². The quantitative estimate of drug-likeness (QED) is 0.225. The summed E-state index contributed by atoms with van der Waals surface area (Å²) in [5.74, 6) is 1.19. The van der Waals surface area contributed by atoms with Crippen LogP contribution in [0.5, 0.6) is 0 Å². The van der Waals surface area contributed by atoms with E-state index in [0.717, 1.165) is 37.1 Å². The number of benzene rings is 4. The maximum atomic E-state index is 5.91. The molecule has 0 aromatic heterocycles. The van der Waals surface area contributed by atoms with Crippen LogP contribution in [0.1, 0.15) is 97.6 Å². The average molecular weight is 477 g/mol. The van der Waals surface area contributed by atoms with E-state index in [-0.39, 0.29) is 0 Å². The van der Waals surface area contributed by atoms with Gasteiger partial charge in [0.1, 0.15) is 0 Å². The Labute approximate surface area is 217 Å². The van der Waals surface area contributed by atoms with Crippen molar-refractivity contribution in [1.29, 1.82) is 0 Å². The molecule has 4 rings (SSSR count). The number of nitrogens with two attached hydrogens (primary N) is 2. The zero-order valence-corrected chi connectivity index (χ0v) is 22.0. The van der Waals surface area contributed by atoms with Gasteiger partial charge in [0, 0.05) is 29.1 Å². The lowest BCUT2D eigenvalue weighted by molar-refractivity contribution is 0.695. The second-order valence-electron chi connectivity index (χ2n) is 9.93. The molecule has 0 saturated carbocycles. The van der Waals surface area contributed by atoms with Gasteiger partial charge in [-0.3, -0.25) is 0 Å². The van der Waals surface area contributed by atoms with Gasteiger partial charge in [-0.1, -0.05) is 100.0 Å². The van der Waals surface area contributed by atoms with Crippen LogP contribution in [0.2, 0.25) is 0 Å². The lowest BCUT2D eigenvalue weighted by Gasteiger charge is -2.22. The summed E-state index contributed by atoms with van der Waals surface area (Å²) < 4.78 is 0. The second kappa shape index (κ2) is 11.9. The van der Waals surface area contributed by atoms with E-state index in [4.69, 9.17) is 11.5 Å². The van der Waals surface area contributed by atoms with Crippen LogP contribution in [-0.2, 0) is 0 Å². The normalized spacial score (nSPS) is 13.8. The van der Waals surface area contributed by atoms with Gasteiger partial charge in [-0.2, -0.15) is 0 Å². The third kappa shape index (κ3) is 5.82. The molecule has 0 spiro atoms. The predicted octanol–water partition coefficient (Wildman–Crippen LogP) is 8.87. The molecule has 4 aromatic carbocycles. The molecule has 2 heteroatoms. The topological polar surface area (TPSA) is 52.0 Å². The highest BCUT2D eigenvalue weighted by Crippen LogP contribution is 2.35. The molecule has 0 aliphatic rings. The summed E-state index contributed by atoms with van der Waals surface area (Å²) in [6.07, 6.45) is 4.43. The minimum absolute atomic E-state index is 0.392. The molecule has 0 bridgehead atoms. The number of hydrogen-bond donors (Lipinski definition) is 2. The van der Waals surface area contributed by atoms with E-state index in [2.05, 4.69) is 93.6 Å². The Balaban J connectivity index is 1.56. The first-order chi connectivity index (χ1) is 17.5. The fourth-order valence-corrected chi connectivity index (χ4v) is 5.52. The van der Waals surface area contributed by atoms with Crippen molar-refractivity contribution in [2.75, 3.05) is 11.5 Å². The van der Waals surface area contributed by atoms with Crippen molar-refractivity contribution < 1.29 is 0 Å². The van der Waals surface area contributed by atoms with Crippen molar-refractivity contribution in [3.63, 3.8) is 0 Å². The molecular weight excluding hydrogens is 436 g/mol. The molecule has 0 aliphatic carbocycles. The smallest absolute Gasteiger partial charge is 0.0314 e. The molecule has 4 N–H and O–H groups in total. The van der Waals surface area contributed by atoms with Crippen LogP contribution in [0.15, 0.2) is 97.1 Å². The highest BCUT2D eigenvalue weighted by molar-refractivity contribution is 5.45. The molecule has 0 amide bonds. The molecular formula is C34H40N2. The van der Waals surface area contributed by atoms with E-state index in [1.807, 2.05) is 24.3 Å². The van der Waals surface area contributed by atoms with E-state index >= 15 is 0 Å². The van der Waals surface area contributed by atoms with Gasteiger partial charge >= 0.3 is 0 Å². The Hall–Kier alpha value is -3.52. The summed E-state index contributed by atoms with van der Waals surface area (Å²) in [5, 5.41) is 0. The molecule has 2 nitrogen and oxygen atoms in total. The zero-order chi connectivity index (χ0) is 25.5. The first-order valence-electron chi connectivity index (χ1n) is 13.4. The maximum absolute atomic E-state index is 5.91. The maximum Gasteiger partial charge on any atom is 0.0314 e. The average Bonchev–Trinajstić information content (AvgIpc) is 2.91. The number of nitrogen functional groups attached to an aromatic ring is 2. The third-order valence-electron chi connectivity index (χ3n) is 7.55. The molecule has 0 heterocycles. The van der Waals surface area contributed by atoms with Crippen LogP contribution in [0.25, 0.3) is 0 Å². The molecule has 0 radical (unpaired) electrons. The van der Waals surface area contributed by atoms with Crippen molar-refractivity contribution >= 4 is 11.4 Å². The molecule has 186 valence electrons. The van der Waals surface area contributed by atoms with Crippen molar-refractivity contribution in [2.24, 2.45) is 0 Å². The standard InChI is InChI=1S/C34H40N2/c1-4-7-34(28-12-8-24(9-13-28)32(5-2)26-16-20-30(35)21-17-26)29-14-10-25(11-15-29)33(6-3)27-18-22-31(36)23-19-27/h8-23,32-34H,4-7,35-36H2,1-3H3. The fraction of sp³-hybridized carbons (Fsp3) is 0.294. The minimum Gasteiger partial charge on any atom is -0.399 e. The Morgan fingerprint density at radius 3 is 0.917 bits per heavy atom. The van der Waals surface area contributed by atoms with E-state index in [9.17, 15) is 0 Å². The summed E-state index contributed by atoms with van der Waals surface area (Å²) in [5.41, 5.74) is 21.6. The van der Waals surface area contributed by atoms with Gasteiger partial charge in [-0.05, 0) is 76.9 Å². The molecule has 4 aromatic rings. The van der Waals surface area contributed by atoms with E-state index in [0.29, 0.717) is 17.8 Å². The SMILES string of the molecule is CCCC(c1ccc(C(CC)c2ccc(N)cc2)cc1)c1ccc(C(CC)c2ccc(N)cc2)cc1. The number of hydrogen-bond acceptors (Lipinski definition) is 2. The van der Waals surface area contributed by atoms with Gasteiger partial charge in [0.15, 0.2) is 0 Å². The highest BCUT2D eigenvalue weighted by atomic mass is 14.5. The summed E-state index contributed by atoms with van der Waals surface area (Å²) in [6.45, 7) is 6.78. The van der Waals surface area contributed by atoms with Gasteiger partial charge in [-0.25, -0.2) is 0 Å². The van der Waals surface area contributed by atoms with Gasteiger partial charge in [0.2, 0.25) is 0 Å². The fourth-order valence-electron chi connectivity index (χ4n) is 5.52. The highest BCUT2D eigenvalue weighted by Gasteiger charge is 2.18. The monoisotopic (exact) mass is 476 g/mol. The molecule has 0 fully saturated rings. The van der Waals surface area contributed by atoms with Crippen LogP contribution < -0.4 is 11.5 Å². The van der Waals surface area contributed by atoms with Gasteiger partial charge < -0.3 is 11.5 Å². The first-order valence-corrected chi connectivity index (χ1v) is 13.4. The van der Waals surface area contributed by atoms with Gasteiger partial charge in [-0.15, -0.1) is 0 Å². The zero-order valence-electron chi connectivity index (χ0n) is 22.0. The van der Waals surface area contributed by atoms with Crippen LogP contribution in [0, 0.1) is 0 Å². The largest absolute Gasteiger partial charge is 0.399 e. The Morgan fingerprint density at radius 2 is 0.667 bits per heavy atom. The van der Waals surface area contributed by atoms with Crippen LogP contribution in [-0.4, -0.2) is 0 Å². The summed E-state index contributed by atoms with van der Waals surface area (Å²) >= 11 is 0. The number of rotatable bonds is 10. The van der Waals surface area contributed by atoms with Crippen LogP contribution >= 0.6 is 0 Å². The third-order valence-corrected chi connectivity index (χ3v) is 7.55. The Bertz CT molecular complexity index is 1110. The molecule has 2 unspecified atom stereocenters. The van der Waals surface area contributed by atoms with Gasteiger partial charge in [0.05, 0.1) is 0 Å². The second-order valence-corrected chi connectivity index (χ2v) is 9.93. The van der Waals surface area contributed by atoms with Crippen molar-refractivity contribution in [1.82, 2.24) is 0 Å². The lowest BCUT2D eigenvalue weighted by Crippen LogP contribution is -2.05. The van der Waals surface area contributed by atoms with Crippen molar-refractivity contribution in [2.45, 2.75) is 64.2 Å². The van der Waals surface area contributed by atoms with E-state index in [1.165, 1.54) is 33.4 Å². The number of anilines is 2.